The van der Waals surface area contributed by atoms with Crippen molar-refractivity contribution in [3.05, 3.63) is 45.5 Å². The van der Waals surface area contributed by atoms with Gasteiger partial charge in [0.2, 0.25) is 0 Å². The summed E-state index contributed by atoms with van der Waals surface area (Å²) < 4.78 is 9.93. The number of carbonyl (C=O) groups is 3. The van der Waals surface area contributed by atoms with Crippen LogP contribution in [0.1, 0.15) is 57.1 Å². The van der Waals surface area contributed by atoms with Crippen LogP contribution in [-0.4, -0.2) is 29.9 Å². The predicted molar refractivity (Wildman–Crippen MR) is 108 cm³/mol. The van der Waals surface area contributed by atoms with Gasteiger partial charge in [0.1, 0.15) is 11.4 Å². The van der Waals surface area contributed by atoms with Crippen LogP contribution in [0, 0.1) is 0 Å². The first-order valence-electron chi connectivity index (χ1n) is 9.02. The van der Waals surface area contributed by atoms with Gasteiger partial charge in [0.25, 0.3) is 0 Å². The molecular formula is C21H24Cl2O5. The second-order valence-corrected chi connectivity index (χ2v) is 8.72. The molecule has 28 heavy (non-hydrogen) atoms. The zero-order valence-corrected chi connectivity index (χ0v) is 17.8. The summed E-state index contributed by atoms with van der Waals surface area (Å²) in [5.74, 6) is -1.55. The quantitative estimate of drug-likeness (QED) is 0.461. The molecule has 1 aromatic rings. The minimum atomic E-state index is -0.780. The summed E-state index contributed by atoms with van der Waals surface area (Å²) in [5.41, 5.74) is 1.36. The Bertz CT molecular complexity index is 808. The average molecular weight is 427 g/mol. The van der Waals surface area contributed by atoms with Crippen LogP contribution in [0.3, 0.4) is 0 Å². The number of hydrogen-bond acceptors (Lipinski definition) is 5. The number of rotatable bonds is 7. The Hall–Kier alpha value is -1.85. The smallest absolute Gasteiger partial charge is 0.344 e. The van der Waals surface area contributed by atoms with Crippen LogP contribution < -0.4 is 0 Å². The van der Waals surface area contributed by atoms with Crippen LogP contribution in [0.5, 0.6) is 0 Å². The largest absolute Gasteiger partial charge is 0.457 e. The number of carbonyl (C=O) groups excluding carboxylic acids is 3. The van der Waals surface area contributed by atoms with E-state index in [0.717, 1.165) is 24.0 Å². The maximum Gasteiger partial charge on any atom is 0.344 e. The normalized spacial score (nSPS) is 15.7. The minimum Gasteiger partial charge on any atom is -0.457 e. The second-order valence-electron chi connectivity index (χ2n) is 7.88. The molecule has 1 unspecified atom stereocenters. The molecule has 0 fully saturated rings. The Morgan fingerprint density at radius 3 is 2.54 bits per heavy atom. The number of ether oxygens (including phenoxy) is 2. The maximum atomic E-state index is 12.4. The Labute approximate surface area is 175 Å². The third-order valence-electron chi connectivity index (χ3n) is 4.29. The lowest BCUT2D eigenvalue weighted by molar-refractivity contribution is -0.165. The molecule has 0 heterocycles. The lowest BCUT2D eigenvalue weighted by Gasteiger charge is -2.19. The van der Waals surface area contributed by atoms with E-state index in [0.29, 0.717) is 10.0 Å². The standard InChI is InChI=1S/C21H24Cl2O5/c1-12(20(26)27-11-19(25)28-21(2,3)4)7-15(24)8-13-5-6-16-17(13)9-14(22)10-18(16)23/h9-10,13H,1,5-8,11H2,2-4H3. The van der Waals surface area contributed by atoms with Crippen LogP contribution >= 0.6 is 23.2 Å². The molecule has 0 radical (unpaired) electrons. The fraction of sp³-hybridized carbons (Fsp3) is 0.476. The Morgan fingerprint density at radius 1 is 1.21 bits per heavy atom. The molecule has 0 aromatic heterocycles. The number of benzene rings is 1. The molecule has 2 rings (SSSR count). The summed E-state index contributed by atoms with van der Waals surface area (Å²) in [6, 6.07) is 3.55. The monoisotopic (exact) mass is 426 g/mol. The summed E-state index contributed by atoms with van der Waals surface area (Å²) in [5, 5.41) is 1.16. The highest BCUT2D eigenvalue weighted by atomic mass is 35.5. The van der Waals surface area contributed by atoms with E-state index in [1.807, 2.05) is 6.07 Å². The molecule has 1 aliphatic rings. The van der Waals surface area contributed by atoms with Crippen LogP contribution in [-0.2, 0) is 30.3 Å². The molecule has 0 amide bonds. The van der Waals surface area contributed by atoms with Gasteiger partial charge in [-0.3, -0.25) is 4.79 Å². The Morgan fingerprint density at radius 2 is 1.89 bits per heavy atom. The van der Waals surface area contributed by atoms with E-state index in [9.17, 15) is 14.4 Å². The van der Waals surface area contributed by atoms with Crippen LogP contribution in [0.2, 0.25) is 10.0 Å². The fourth-order valence-corrected chi connectivity index (χ4v) is 3.80. The number of Topliss-reactive ketones (excluding diaryl/α,β-unsaturated/α-hetero) is 1. The maximum absolute atomic E-state index is 12.4. The van der Waals surface area contributed by atoms with Crippen molar-refractivity contribution in [3.8, 4) is 0 Å². The predicted octanol–water partition coefficient (Wildman–Crippen LogP) is 4.81. The van der Waals surface area contributed by atoms with E-state index in [1.165, 1.54) is 0 Å². The van der Waals surface area contributed by atoms with Gasteiger partial charge in [-0.15, -0.1) is 0 Å². The number of hydrogen-bond donors (Lipinski definition) is 0. The summed E-state index contributed by atoms with van der Waals surface area (Å²) in [7, 11) is 0. The van der Waals surface area contributed by atoms with Crippen LogP contribution in [0.4, 0.5) is 0 Å². The van der Waals surface area contributed by atoms with E-state index in [-0.39, 0.29) is 30.1 Å². The first-order valence-corrected chi connectivity index (χ1v) is 9.78. The zero-order chi connectivity index (χ0) is 21.1. The van der Waals surface area contributed by atoms with Crippen LogP contribution in [0.15, 0.2) is 24.3 Å². The summed E-state index contributed by atoms with van der Waals surface area (Å²) in [6.45, 7) is 8.23. The van der Waals surface area contributed by atoms with Crippen molar-refractivity contribution in [2.24, 2.45) is 0 Å². The topological polar surface area (TPSA) is 69.7 Å². The van der Waals surface area contributed by atoms with Crippen molar-refractivity contribution in [2.45, 2.75) is 58.0 Å². The van der Waals surface area contributed by atoms with E-state index in [4.69, 9.17) is 32.7 Å². The molecule has 152 valence electrons. The van der Waals surface area contributed by atoms with Gasteiger partial charge >= 0.3 is 11.9 Å². The number of halogens is 2. The molecule has 0 saturated heterocycles. The molecule has 1 atom stereocenters. The highest BCUT2D eigenvalue weighted by molar-refractivity contribution is 6.35. The molecule has 0 N–H and O–H groups in total. The summed E-state index contributed by atoms with van der Waals surface area (Å²) in [4.78, 5) is 35.9. The van der Waals surface area contributed by atoms with E-state index < -0.39 is 24.1 Å². The van der Waals surface area contributed by atoms with Crippen molar-refractivity contribution >= 4 is 40.9 Å². The van der Waals surface area contributed by atoms with E-state index >= 15 is 0 Å². The SMILES string of the molecule is C=C(CC(=O)CC1CCc2c(Cl)cc(Cl)cc21)C(=O)OCC(=O)OC(C)(C)C. The van der Waals surface area contributed by atoms with Gasteiger partial charge in [0, 0.05) is 28.5 Å². The molecule has 7 heteroatoms. The zero-order valence-electron chi connectivity index (χ0n) is 16.3. The van der Waals surface area contributed by atoms with Gasteiger partial charge in [-0.05, 0) is 62.8 Å². The lowest BCUT2D eigenvalue weighted by atomic mass is 9.93. The highest BCUT2D eigenvalue weighted by Gasteiger charge is 2.28. The number of fused-ring (bicyclic) bond motifs is 1. The lowest BCUT2D eigenvalue weighted by Crippen LogP contribution is -2.27. The molecule has 0 saturated carbocycles. The molecule has 0 aliphatic heterocycles. The number of esters is 2. The third kappa shape index (κ3) is 6.35. The van der Waals surface area contributed by atoms with Gasteiger partial charge in [-0.1, -0.05) is 29.8 Å². The van der Waals surface area contributed by atoms with Crippen molar-refractivity contribution in [3.63, 3.8) is 0 Å². The molecular weight excluding hydrogens is 403 g/mol. The fourth-order valence-electron chi connectivity index (χ4n) is 3.19. The van der Waals surface area contributed by atoms with Crippen molar-refractivity contribution in [2.75, 3.05) is 6.61 Å². The molecule has 0 spiro atoms. The van der Waals surface area contributed by atoms with Gasteiger partial charge < -0.3 is 9.47 Å². The Balaban J connectivity index is 1.85. The molecule has 0 bridgehead atoms. The number of ketones is 1. The average Bonchev–Trinajstić information content (AvgIpc) is 2.93. The van der Waals surface area contributed by atoms with Crippen molar-refractivity contribution in [1.29, 1.82) is 0 Å². The van der Waals surface area contributed by atoms with Crippen molar-refractivity contribution in [1.82, 2.24) is 0 Å². The third-order valence-corrected chi connectivity index (χ3v) is 4.85. The van der Waals surface area contributed by atoms with Gasteiger partial charge in [0.15, 0.2) is 6.61 Å². The van der Waals surface area contributed by atoms with Gasteiger partial charge in [0.05, 0.1) is 0 Å². The van der Waals surface area contributed by atoms with Gasteiger partial charge in [-0.2, -0.15) is 0 Å². The Kier molecular flexibility index (Phi) is 7.29. The van der Waals surface area contributed by atoms with Crippen LogP contribution in [0.25, 0.3) is 0 Å². The first-order chi connectivity index (χ1) is 13.0. The second kappa shape index (κ2) is 9.10. The molecule has 1 aliphatic carbocycles. The summed E-state index contributed by atoms with van der Waals surface area (Å²) >= 11 is 12.3. The summed E-state index contributed by atoms with van der Waals surface area (Å²) in [6.07, 6.45) is 1.73. The molecule has 1 aromatic carbocycles. The first kappa shape index (κ1) is 22.4. The van der Waals surface area contributed by atoms with E-state index in [2.05, 4.69) is 6.58 Å². The highest BCUT2D eigenvalue weighted by Crippen LogP contribution is 2.41. The van der Waals surface area contributed by atoms with Gasteiger partial charge in [-0.25, -0.2) is 9.59 Å². The minimum absolute atomic E-state index is 0.0101. The molecule has 5 nitrogen and oxygen atoms in total. The van der Waals surface area contributed by atoms with Crippen molar-refractivity contribution < 1.29 is 23.9 Å². The van der Waals surface area contributed by atoms with E-state index in [1.54, 1.807) is 26.8 Å².